The monoisotopic (exact) mass is 785 g/mol. The minimum atomic E-state index is -0.763. The molecule has 12 heteroatoms. The molecule has 2 bridgehead atoms. The Labute approximate surface area is 335 Å². The second-order valence-electron chi connectivity index (χ2n) is 15.6. The summed E-state index contributed by atoms with van der Waals surface area (Å²) in [4.78, 5) is 31.7. The molecule has 0 saturated heterocycles. The Bertz CT molecular complexity index is 2200. The minimum Gasteiger partial charge on any atom is -0.507 e. The highest BCUT2D eigenvalue weighted by Crippen LogP contribution is 2.51. The number of benzene rings is 2. The molecule has 3 heterocycles. The van der Waals surface area contributed by atoms with Gasteiger partial charge in [0, 0.05) is 56.0 Å². The Balaban J connectivity index is 1.68. The van der Waals surface area contributed by atoms with Crippen molar-refractivity contribution in [2.24, 2.45) is 23.7 Å². The fourth-order valence-corrected chi connectivity index (χ4v) is 8.09. The van der Waals surface area contributed by atoms with Gasteiger partial charge >= 0.3 is 5.97 Å². The zero-order valence-electron chi connectivity index (χ0n) is 34.9. The number of carbonyl (C=O) groups is 2. The Morgan fingerprint density at radius 1 is 1.07 bits per heavy atom. The van der Waals surface area contributed by atoms with Crippen LogP contribution in [0.3, 0.4) is 0 Å². The lowest BCUT2D eigenvalue weighted by atomic mass is 9.79. The molecule has 2 aromatic carbocycles. The fraction of sp³-hybridized carbons (Fsp3) is 0.489. The number of anilines is 1. The van der Waals surface area contributed by atoms with Crippen molar-refractivity contribution < 1.29 is 43.9 Å². The van der Waals surface area contributed by atoms with Crippen molar-refractivity contribution in [3.05, 3.63) is 71.2 Å². The highest BCUT2D eigenvalue weighted by Gasteiger charge is 2.37. The number of nitrogens with one attached hydrogen (secondary N) is 1. The maximum atomic E-state index is 14.4. The van der Waals surface area contributed by atoms with Crippen LogP contribution in [0.1, 0.15) is 82.8 Å². The van der Waals surface area contributed by atoms with Gasteiger partial charge in [-0.1, -0.05) is 51.5 Å². The summed E-state index contributed by atoms with van der Waals surface area (Å²) in [6.45, 7) is 17.2. The summed E-state index contributed by atoms with van der Waals surface area (Å²) in [5.74, 6) is -1.74. The van der Waals surface area contributed by atoms with E-state index in [-0.39, 0.29) is 76.8 Å². The number of pyridine rings is 1. The molecule has 7 atom stereocenters. The predicted octanol–water partition coefficient (Wildman–Crippen LogP) is 8.34. The average molecular weight is 786 g/mol. The number of Topliss-reactive ketones (excluding diaryl/α,β-unsaturated/α-hetero) is 1. The molecule has 0 spiro atoms. The number of ketones is 1. The van der Waals surface area contributed by atoms with Crippen molar-refractivity contribution in [3.63, 3.8) is 0 Å². The lowest BCUT2D eigenvalue weighted by molar-refractivity contribution is -0.159. The fourth-order valence-electron chi connectivity index (χ4n) is 8.09. The van der Waals surface area contributed by atoms with Crippen LogP contribution in [0.4, 0.5) is 5.69 Å². The minimum absolute atomic E-state index is 0.00983. The number of phenolic OH excluding ortho intramolecular Hbond substituents is 2. The quantitative estimate of drug-likeness (QED) is 0.116. The Morgan fingerprint density at radius 3 is 2.49 bits per heavy atom. The zero-order valence-corrected chi connectivity index (χ0v) is 34.9. The highest BCUT2D eigenvalue weighted by molar-refractivity contribution is 6.25. The van der Waals surface area contributed by atoms with Gasteiger partial charge in [0.15, 0.2) is 11.5 Å². The summed E-state index contributed by atoms with van der Waals surface area (Å²) in [6, 6.07) is 3.86. The summed E-state index contributed by atoms with van der Waals surface area (Å²) in [6.07, 6.45) is 9.77. The average Bonchev–Trinajstić information content (AvgIpc) is 3.53. The van der Waals surface area contributed by atoms with Gasteiger partial charge in [-0.25, -0.2) is 4.98 Å². The first kappa shape index (κ1) is 43.1. The number of aliphatic hydroxyl groups is 1. The number of methoxy groups -OCH3 is 1. The summed E-state index contributed by atoms with van der Waals surface area (Å²) < 4.78 is 25.4. The van der Waals surface area contributed by atoms with Crippen LogP contribution in [0, 0.1) is 37.5 Å². The van der Waals surface area contributed by atoms with Crippen molar-refractivity contribution in [1.82, 2.24) is 9.38 Å². The Morgan fingerprint density at radius 2 is 1.81 bits per heavy atom. The number of nitrogens with zero attached hydrogens (tertiary/aromatic N) is 2. The third-order valence-electron chi connectivity index (χ3n) is 11.1. The number of allylic oxidation sites excluding steroid dienone is 3. The van der Waals surface area contributed by atoms with E-state index in [0.717, 1.165) is 11.1 Å². The van der Waals surface area contributed by atoms with Crippen molar-refractivity contribution >= 4 is 44.9 Å². The molecule has 12 nitrogen and oxygen atoms in total. The molecule has 7 unspecified atom stereocenters. The summed E-state index contributed by atoms with van der Waals surface area (Å²) in [7, 11) is 1.55. The third kappa shape index (κ3) is 9.07. The van der Waals surface area contributed by atoms with Crippen LogP contribution >= 0.6 is 0 Å². The SMILES string of the molecule is CCOc1c(C)c(O)c2c(O)c3c4c(nc5cc(C)ccn54)c2c1C(=O)CCO/C=C/C(OC)C(C)C(OC(C)=O)C(C)C(O)C(C)CC(C)/C=C/C=C(/C)CN3. The van der Waals surface area contributed by atoms with Gasteiger partial charge in [-0.05, 0) is 69.7 Å². The van der Waals surface area contributed by atoms with E-state index in [1.54, 1.807) is 27.0 Å². The molecule has 0 radical (unpaired) electrons. The second kappa shape index (κ2) is 18.5. The van der Waals surface area contributed by atoms with Gasteiger partial charge in [-0.2, -0.15) is 0 Å². The number of carbonyl (C=O) groups excluding carboxylic acids is 2. The maximum absolute atomic E-state index is 14.4. The van der Waals surface area contributed by atoms with Gasteiger partial charge in [-0.15, -0.1) is 0 Å². The standard InChI is InChI=1S/C45H59N3O9/c1-11-56-45-30(8)42(52)37-36-35(45)32(50)16-19-55-20-17-33(54-10)28(6)44(57-31(9)49)29(7)41(51)27(5)21-24(2)13-12-14-26(4)23-46-39(43(37)53)40-38(36)47-34-22-25(3)15-18-48(34)40/h12-15,17-18,20,22,24,27-29,33,41,44,46,51-53H,11,16,19,21,23H2,1-10H3/b13-12+,20-17+,26-14-. The number of hydrogen-bond acceptors (Lipinski definition) is 11. The van der Waals surface area contributed by atoms with E-state index in [2.05, 4.69) is 18.3 Å². The summed E-state index contributed by atoms with van der Waals surface area (Å²) in [5.41, 5.74) is 4.38. The highest BCUT2D eigenvalue weighted by atomic mass is 16.5. The van der Waals surface area contributed by atoms with Crippen molar-refractivity contribution in [1.29, 1.82) is 0 Å². The summed E-state index contributed by atoms with van der Waals surface area (Å²) >= 11 is 0. The molecule has 0 amide bonds. The molecule has 0 saturated carbocycles. The topological polar surface area (TPSA) is 161 Å². The molecule has 57 heavy (non-hydrogen) atoms. The first-order valence-electron chi connectivity index (χ1n) is 19.8. The molecule has 5 rings (SSSR count). The van der Waals surface area contributed by atoms with E-state index in [1.165, 1.54) is 13.2 Å². The summed E-state index contributed by atoms with van der Waals surface area (Å²) in [5, 5.41) is 39.2. The molecule has 4 N–H and O–H groups in total. The van der Waals surface area contributed by atoms with E-state index < -0.39 is 30.2 Å². The van der Waals surface area contributed by atoms with Crippen LogP contribution in [0.2, 0.25) is 0 Å². The number of imidazole rings is 1. The van der Waals surface area contributed by atoms with Crippen LogP contribution in [-0.2, 0) is 19.0 Å². The lowest BCUT2D eigenvalue weighted by Gasteiger charge is -2.36. The Kier molecular flexibility index (Phi) is 13.9. The number of hydrogen-bond donors (Lipinski definition) is 4. The van der Waals surface area contributed by atoms with Crippen LogP contribution in [-0.4, -0.2) is 81.6 Å². The van der Waals surface area contributed by atoms with Crippen molar-refractivity contribution in [2.45, 2.75) is 93.5 Å². The van der Waals surface area contributed by atoms with Crippen LogP contribution in [0.5, 0.6) is 17.2 Å². The van der Waals surface area contributed by atoms with E-state index in [0.29, 0.717) is 40.9 Å². The number of aromatic hydroxyl groups is 2. The van der Waals surface area contributed by atoms with Crippen molar-refractivity contribution in [3.8, 4) is 17.2 Å². The van der Waals surface area contributed by atoms with Crippen molar-refractivity contribution in [2.75, 3.05) is 32.2 Å². The van der Waals surface area contributed by atoms with Crippen LogP contribution in [0.25, 0.3) is 27.5 Å². The van der Waals surface area contributed by atoms with Crippen LogP contribution in [0.15, 0.2) is 54.5 Å². The maximum Gasteiger partial charge on any atom is 0.302 e. The normalized spacial score (nSPS) is 26.6. The van der Waals surface area contributed by atoms with E-state index in [1.807, 2.05) is 69.5 Å². The molecule has 4 aromatic rings. The van der Waals surface area contributed by atoms with Gasteiger partial charge in [0.25, 0.3) is 0 Å². The van der Waals surface area contributed by atoms with Gasteiger partial charge < -0.3 is 39.6 Å². The number of ether oxygens (including phenoxy) is 4. The second-order valence-corrected chi connectivity index (χ2v) is 15.6. The Hall–Kier alpha value is -5.07. The first-order chi connectivity index (χ1) is 27.1. The number of rotatable bonds is 4. The van der Waals surface area contributed by atoms with Gasteiger partial charge in [0.05, 0.1) is 42.6 Å². The van der Waals surface area contributed by atoms with E-state index in [9.17, 15) is 24.9 Å². The van der Waals surface area contributed by atoms with Gasteiger partial charge in [-0.3, -0.25) is 14.0 Å². The number of aromatic nitrogens is 2. The first-order valence-corrected chi connectivity index (χ1v) is 19.8. The number of esters is 1. The molecule has 2 aromatic heterocycles. The molecular formula is C45H59N3O9. The lowest BCUT2D eigenvalue weighted by Crippen LogP contribution is -2.44. The zero-order chi connectivity index (χ0) is 41.7. The molecule has 0 aliphatic carbocycles. The number of phenols is 2. The number of aryl methyl sites for hydroxylation is 1. The largest absolute Gasteiger partial charge is 0.507 e. The molecule has 1 aliphatic heterocycles. The van der Waals surface area contributed by atoms with E-state index in [4.69, 9.17) is 23.9 Å². The molecular weight excluding hydrogens is 727 g/mol. The predicted molar refractivity (Wildman–Crippen MR) is 223 cm³/mol. The molecule has 308 valence electrons. The van der Waals surface area contributed by atoms with E-state index >= 15 is 0 Å². The molecule has 1 aliphatic rings. The van der Waals surface area contributed by atoms with Crippen LogP contribution < -0.4 is 10.1 Å². The molecule has 0 fully saturated rings. The number of aliphatic hydroxyl groups excluding tert-OH is 1. The van der Waals surface area contributed by atoms with Gasteiger partial charge in [0.1, 0.15) is 40.0 Å². The van der Waals surface area contributed by atoms with Gasteiger partial charge in [0.2, 0.25) is 0 Å². The smallest absolute Gasteiger partial charge is 0.302 e. The number of fused-ring (bicyclic) bond motifs is 1. The third-order valence-corrected chi connectivity index (χ3v) is 11.1.